The second-order valence-corrected chi connectivity index (χ2v) is 14.0. The van der Waals surface area contributed by atoms with Gasteiger partial charge in [0.25, 0.3) is 0 Å². The number of alkyl halides is 3. The highest BCUT2D eigenvalue weighted by molar-refractivity contribution is 7.88. The number of anilines is 1. The molecular formula is C27H33ClF3N7O2S. The maximum Gasteiger partial charge on any atom is 0.420 e. The number of piperidine rings is 1. The van der Waals surface area contributed by atoms with Crippen LogP contribution in [0, 0.1) is 5.41 Å². The fraction of sp³-hybridized carbons (Fsp3) is 0.519. The summed E-state index contributed by atoms with van der Waals surface area (Å²) >= 11 is 6.61. The van der Waals surface area contributed by atoms with Crippen molar-refractivity contribution in [3.63, 3.8) is 0 Å². The van der Waals surface area contributed by atoms with Gasteiger partial charge in [0.05, 0.1) is 17.0 Å². The third-order valence-electron chi connectivity index (χ3n) is 7.63. The molecule has 0 aliphatic carbocycles. The maximum absolute atomic E-state index is 13.9. The molecule has 14 heteroatoms. The lowest BCUT2D eigenvalue weighted by Gasteiger charge is -2.30. The van der Waals surface area contributed by atoms with Crippen molar-refractivity contribution in [3.8, 4) is 17.1 Å². The summed E-state index contributed by atoms with van der Waals surface area (Å²) in [6.45, 7) is 7.93. The molecule has 2 fully saturated rings. The van der Waals surface area contributed by atoms with Crippen molar-refractivity contribution in [3.05, 3.63) is 53.1 Å². The Bertz CT molecular complexity index is 1520. The SMILES string of the molecule is CC1(C)CCN(Cc2ccc(-n3cnc(-c4nc(NC5CCN(S(C)(=O)=O)CC5)ncc4C(F)(F)F)c3)c(Cl)c2)C1. The molecule has 2 aromatic heterocycles. The predicted octanol–water partition coefficient (Wildman–Crippen LogP) is 5.07. The van der Waals surface area contributed by atoms with Crippen LogP contribution in [0.5, 0.6) is 0 Å². The van der Waals surface area contributed by atoms with Crippen molar-refractivity contribution in [2.45, 2.75) is 51.9 Å². The fourth-order valence-electron chi connectivity index (χ4n) is 5.42. The third-order valence-corrected chi connectivity index (χ3v) is 9.23. The molecule has 3 aromatic rings. The lowest BCUT2D eigenvalue weighted by atomic mass is 9.93. The summed E-state index contributed by atoms with van der Waals surface area (Å²) in [5.74, 6) is 0.0211. The molecule has 1 N–H and O–H groups in total. The average Bonchev–Trinajstić information content (AvgIpc) is 3.49. The Kier molecular flexibility index (Phi) is 8.09. The van der Waals surface area contributed by atoms with Crippen LogP contribution >= 0.6 is 11.6 Å². The first-order valence-electron chi connectivity index (χ1n) is 13.4. The van der Waals surface area contributed by atoms with E-state index in [0.717, 1.165) is 44.1 Å². The Hall–Kier alpha value is -2.74. The molecule has 0 unspecified atom stereocenters. The molecule has 41 heavy (non-hydrogen) atoms. The van der Waals surface area contributed by atoms with E-state index in [0.29, 0.717) is 42.1 Å². The van der Waals surface area contributed by atoms with Crippen molar-refractivity contribution < 1.29 is 21.6 Å². The van der Waals surface area contributed by atoms with Crippen molar-refractivity contribution in [1.82, 2.24) is 28.7 Å². The molecule has 0 atom stereocenters. The van der Waals surface area contributed by atoms with Gasteiger partial charge in [0, 0.05) is 44.6 Å². The van der Waals surface area contributed by atoms with Gasteiger partial charge >= 0.3 is 6.18 Å². The number of hydrogen-bond donors (Lipinski definition) is 1. The largest absolute Gasteiger partial charge is 0.420 e. The molecule has 1 aromatic carbocycles. The van der Waals surface area contributed by atoms with Crippen molar-refractivity contribution >= 4 is 27.6 Å². The van der Waals surface area contributed by atoms with Crippen LogP contribution in [0.25, 0.3) is 17.1 Å². The van der Waals surface area contributed by atoms with E-state index in [9.17, 15) is 21.6 Å². The lowest BCUT2D eigenvalue weighted by molar-refractivity contribution is -0.137. The van der Waals surface area contributed by atoms with Gasteiger partial charge in [0.1, 0.15) is 23.3 Å². The summed E-state index contributed by atoms with van der Waals surface area (Å²) in [5.41, 5.74) is 0.605. The summed E-state index contributed by atoms with van der Waals surface area (Å²) < 4.78 is 68.2. The smallest absolute Gasteiger partial charge is 0.351 e. The van der Waals surface area contributed by atoms with E-state index >= 15 is 0 Å². The first-order chi connectivity index (χ1) is 19.2. The molecule has 2 saturated heterocycles. The van der Waals surface area contributed by atoms with Gasteiger partial charge in [-0.15, -0.1) is 0 Å². The van der Waals surface area contributed by atoms with Gasteiger partial charge in [-0.05, 0) is 48.9 Å². The van der Waals surface area contributed by atoms with E-state index in [1.54, 1.807) is 4.57 Å². The summed E-state index contributed by atoms with van der Waals surface area (Å²) in [4.78, 5) is 14.7. The highest BCUT2D eigenvalue weighted by atomic mass is 35.5. The number of nitrogens with zero attached hydrogens (tertiary/aromatic N) is 6. The van der Waals surface area contributed by atoms with E-state index in [2.05, 4.69) is 39.0 Å². The maximum atomic E-state index is 13.9. The summed E-state index contributed by atoms with van der Waals surface area (Å²) in [5, 5.41) is 3.52. The zero-order chi connectivity index (χ0) is 29.6. The highest BCUT2D eigenvalue weighted by Crippen LogP contribution is 2.36. The fourth-order valence-corrected chi connectivity index (χ4v) is 6.60. The zero-order valence-corrected chi connectivity index (χ0v) is 24.7. The second-order valence-electron chi connectivity index (χ2n) is 11.6. The minimum atomic E-state index is -4.69. The van der Waals surface area contributed by atoms with E-state index < -0.39 is 21.8 Å². The molecule has 9 nitrogen and oxygen atoms in total. The Morgan fingerprint density at radius 2 is 1.88 bits per heavy atom. The van der Waals surface area contributed by atoms with Gasteiger partial charge in [-0.2, -0.15) is 13.2 Å². The topological polar surface area (TPSA) is 96.3 Å². The molecule has 222 valence electrons. The molecule has 0 amide bonds. The minimum Gasteiger partial charge on any atom is -0.351 e. The zero-order valence-electron chi connectivity index (χ0n) is 23.1. The van der Waals surface area contributed by atoms with E-state index in [1.807, 2.05) is 18.2 Å². The van der Waals surface area contributed by atoms with Crippen molar-refractivity contribution in [1.29, 1.82) is 0 Å². The standard InChI is InChI=1S/C27H33ClF3N7O2S/c1-26(2)8-11-36(16-26)14-18-4-5-23(21(28)12-18)37-15-22(33-17-37)24-20(27(29,30)31)13-32-25(35-24)34-19-6-9-38(10-7-19)41(3,39)40/h4-5,12-13,15,17,19H,6-11,14,16H2,1-3H3,(H,32,34,35). The van der Waals surface area contributed by atoms with Gasteiger partial charge < -0.3 is 9.88 Å². The molecule has 0 radical (unpaired) electrons. The van der Waals surface area contributed by atoms with Crippen LogP contribution in [0.15, 0.2) is 36.9 Å². The van der Waals surface area contributed by atoms with E-state index in [1.165, 1.54) is 16.8 Å². The number of imidazole rings is 1. The summed E-state index contributed by atoms with van der Waals surface area (Å²) in [6, 6.07) is 5.50. The van der Waals surface area contributed by atoms with E-state index in [4.69, 9.17) is 11.6 Å². The van der Waals surface area contributed by atoms with Crippen molar-refractivity contribution in [2.24, 2.45) is 5.41 Å². The Morgan fingerprint density at radius 3 is 2.49 bits per heavy atom. The van der Waals surface area contributed by atoms with Crippen LogP contribution in [0.4, 0.5) is 19.1 Å². The number of aromatic nitrogens is 4. The van der Waals surface area contributed by atoms with Crippen LogP contribution in [-0.2, 0) is 22.7 Å². The molecule has 0 saturated carbocycles. The van der Waals surface area contributed by atoms with Crippen molar-refractivity contribution in [2.75, 3.05) is 37.8 Å². The van der Waals surface area contributed by atoms with Gasteiger partial charge in [0.2, 0.25) is 16.0 Å². The van der Waals surface area contributed by atoms with Crippen LogP contribution in [0.1, 0.15) is 44.2 Å². The number of nitrogens with one attached hydrogen (secondary N) is 1. The molecule has 2 aliphatic heterocycles. The Balaban J connectivity index is 1.35. The number of halogens is 4. The van der Waals surface area contributed by atoms with Gasteiger partial charge in [0.15, 0.2) is 0 Å². The molecular weight excluding hydrogens is 579 g/mol. The number of benzene rings is 1. The third kappa shape index (κ3) is 7.02. The second kappa shape index (κ2) is 11.2. The Labute approximate surface area is 242 Å². The quantitative estimate of drug-likeness (QED) is 0.399. The molecule has 2 aliphatic rings. The molecule has 0 bridgehead atoms. The molecule has 4 heterocycles. The van der Waals surface area contributed by atoms with Crippen LogP contribution < -0.4 is 5.32 Å². The number of sulfonamides is 1. The predicted molar refractivity (Wildman–Crippen MR) is 151 cm³/mol. The minimum absolute atomic E-state index is 0.0211. The van der Waals surface area contributed by atoms with Gasteiger partial charge in [-0.25, -0.2) is 27.7 Å². The molecule has 5 rings (SSSR count). The lowest BCUT2D eigenvalue weighted by Crippen LogP contribution is -2.42. The van der Waals surface area contributed by atoms with Gasteiger partial charge in [-0.1, -0.05) is 31.5 Å². The first-order valence-corrected chi connectivity index (χ1v) is 15.6. The Morgan fingerprint density at radius 1 is 1.15 bits per heavy atom. The first kappa shape index (κ1) is 29.7. The molecule has 0 spiro atoms. The van der Waals surface area contributed by atoms with Crippen LogP contribution in [-0.4, -0.2) is 75.6 Å². The van der Waals surface area contributed by atoms with Gasteiger partial charge in [-0.3, -0.25) is 4.90 Å². The van der Waals surface area contributed by atoms with Crippen LogP contribution in [0.3, 0.4) is 0 Å². The van der Waals surface area contributed by atoms with E-state index in [-0.39, 0.29) is 23.4 Å². The number of rotatable bonds is 7. The normalized spacial score (nSPS) is 19.1. The highest BCUT2D eigenvalue weighted by Gasteiger charge is 2.36. The monoisotopic (exact) mass is 611 g/mol. The van der Waals surface area contributed by atoms with Crippen LogP contribution in [0.2, 0.25) is 5.02 Å². The average molecular weight is 612 g/mol. The number of likely N-dealkylation sites (tertiary alicyclic amines) is 1. The number of hydrogen-bond acceptors (Lipinski definition) is 7. The summed E-state index contributed by atoms with van der Waals surface area (Å²) in [7, 11) is -3.30. The summed E-state index contributed by atoms with van der Waals surface area (Å²) in [6.07, 6.45) is 2.18.